The van der Waals surface area contributed by atoms with Crippen LogP contribution in [0, 0.1) is 0 Å². The van der Waals surface area contributed by atoms with Crippen LogP contribution in [-0.4, -0.2) is 75.2 Å². The zero-order valence-electron chi connectivity index (χ0n) is 20.7. The number of methoxy groups -OCH3 is 1. The highest BCUT2D eigenvalue weighted by Crippen LogP contribution is 2.29. The van der Waals surface area contributed by atoms with Crippen LogP contribution in [-0.2, 0) is 14.8 Å². The molecule has 1 N–H and O–H groups in total. The Kier molecular flexibility index (Phi) is 6.87. The summed E-state index contributed by atoms with van der Waals surface area (Å²) >= 11 is 0. The Bertz CT molecular complexity index is 1460. The number of fused-ring (bicyclic) bond motifs is 1. The van der Waals surface area contributed by atoms with Crippen LogP contribution in [0.25, 0.3) is 0 Å². The number of benzene rings is 3. The molecular formula is C27H26N4O6S. The van der Waals surface area contributed by atoms with Crippen LogP contribution in [0.3, 0.4) is 0 Å². The number of nitrogens with one attached hydrogen (secondary N) is 1. The molecule has 0 aromatic heterocycles. The van der Waals surface area contributed by atoms with Crippen molar-refractivity contribution in [2.24, 2.45) is 0 Å². The predicted octanol–water partition coefficient (Wildman–Crippen LogP) is 2.44. The van der Waals surface area contributed by atoms with Crippen LogP contribution >= 0.6 is 0 Å². The van der Waals surface area contributed by atoms with Crippen molar-refractivity contribution in [2.45, 2.75) is 4.90 Å². The molecule has 2 heterocycles. The van der Waals surface area contributed by atoms with Crippen LogP contribution in [0.5, 0.6) is 5.75 Å². The van der Waals surface area contributed by atoms with Gasteiger partial charge in [0.05, 0.1) is 28.8 Å². The Labute approximate surface area is 220 Å². The first-order valence-electron chi connectivity index (χ1n) is 12.0. The van der Waals surface area contributed by atoms with Crippen LogP contribution < -0.4 is 15.0 Å². The molecule has 1 fully saturated rings. The summed E-state index contributed by atoms with van der Waals surface area (Å²) in [5.74, 6) is -0.868. The number of amides is 3. The second-order valence-electron chi connectivity index (χ2n) is 8.88. The van der Waals surface area contributed by atoms with E-state index in [1.54, 1.807) is 31.4 Å². The second kappa shape index (κ2) is 10.3. The maximum Gasteiger partial charge on any atom is 0.262 e. The summed E-state index contributed by atoms with van der Waals surface area (Å²) in [5.41, 5.74) is 1.81. The number of rotatable bonds is 7. The van der Waals surface area contributed by atoms with Gasteiger partial charge >= 0.3 is 0 Å². The summed E-state index contributed by atoms with van der Waals surface area (Å²) in [4.78, 5) is 40.6. The number of piperazine rings is 1. The first-order valence-corrected chi connectivity index (χ1v) is 13.5. The highest BCUT2D eigenvalue weighted by atomic mass is 32.2. The van der Waals surface area contributed by atoms with E-state index in [0.29, 0.717) is 31.9 Å². The summed E-state index contributed by atoms with van der Waals surface area (Å²) < 4.78 is 33.3. The quantitative estimate of drug-likeness (QED) is 0.463. The third-order valence-electron chi connectivity index (χ3n) is 6.62. The summed E-state index contributed by atoms with van der Waals surface area (Å²) in [5, 5.41) is 2.62. The van der Waals surface area contributed by atoms with Crippen LogP contribution in [0.1, 0.15) is 20.7 Å². The van der Waals surface area contributed by atoms with Crippen molar-refractivity contribution in [3.05, 3.63) is 83.9 Å². The van der Waals surface area contributed by atoms with Gasteiger partial charge in [0, 0.05) is 31.9 Å². The molecule has 11 heteroatoms. The SMILES string of the molecule is COc1ccccc1N1CCN(S(=O)(=O)c2ccc(NC(=O)CN3C(=O)c4ccccc4C3=O)cc2)CC1. The van der Waals surface area contributed by atoms with Gasteiger partial charge in [-0.2, -0.15) is 4.31 Å². The molecule has 10 nitrogen and oxygen atoms in total. The molecule has 3 aromatic rings. The number of ether oxygens (including phenoxy) is 1. The first kappa shape index (κ1) is 25.4. The van der Waals surface area contributed by atoms with Gasteiger partial charge in [0.1, 0.15) is 12.3 Å². The largest absolute Gasteiger partial charge is 0.495 e. The van der Waals surface area contributed by atoms with Crippen molar-refractivity contribution in [3.8, 4) is 5.75 Å². The van der Waals surface area contributed by atoms with Crippen LogP contribution in [0.4, 0.5) is 11.4 Å². The number of carbonyl (C=O) groups excluding carboxylic acids is 3. The molecule has 38 heavy (non-hydrogen) atoms. The molecule has 1 saturated heterocycles. The Balaban J connectivity index is 1.19. The van der Waals surface area contributed by atoms with Crippen LogP contribution in [0.2, 0.25) is 0 Å². The molecule has 2 aliphatic rings. The van der Waals surface area contributed by atoms with Gasteiger partial charge < -0.3 is 15.0 Å². The summed E-state index contributed by atoms with van der Waals surface area (Å²) in [6.07, 6.45) is 0. The molecule has 0 radical (unpaired) electrons. The van der Waals surface area contributed by atoms with Gasteiger partial charge in [-0.3, -0.25) is 19.3 Å². The van der Waals surface area contributed by atoms with Crippen LogP contribution in [0.15, 0.2) is 77.7 Å². The number of imide groups is 1. The van der Waals surface area contributed by atoms with E-state index in [1.165, 1.54) is 28.6 Å². The average molecular weight is 535 g/mol. The van der Waals surface area contributed by atoms with Crippen molar-refractivity contribution < 1.29 is 27.5 Å². The topological polar surface area (TPSA) is 116 Å². The third-order valence-corrected chi connectivity index (χ3v) is 8.53. The van der Waals surface area contributed by atoms with E-state index < -0.39 is 34.3 Å². The van der Waals surface area contributed by atoms with Gasteiger partial charge in [-0.05, 0) is 48.5 Å². The highest BCUT2D eigenvalue weighted by molar-refractivity contribution is 7.89. The van der Waals surface area contributed by atoms with Gasteiger partial charge in [-0.1, -0.05) is 24.3 Å². The van der Waals surface area contributed by atoms with Crippen molar-refractivity contribution >= 4 is 39.1 Å². The molecule has 0 atom stereocenters. The molecule has 196 valence electrons. The van der Waals surface area contributed by atoms with Crippen molar-refractivity contribution in [3.63, 3.8) is 0 Å². The van der Waals surface area contributed by atoms with Gasteiger partial charge in [0.15, 0.2) is 0 Å². The maximum absolute atomic E-state index is 13.2. The number of hydrogen-bond acceptors (Lipinski definition) is 7. The zero-order chi connectivity index (χ0) is 26.9. The van der Waals surface area contributed by atoms with Gasteiger partial charge in [-0.25, -0.2) is 8.42 Å². The summed E-state index contributed by atoms with van der Waals surface area (Å²) in [6.45, 7) is 1.23. The highest BCUT2D eigenvalue weighted by Gasteiger charge is 2.36. The fourth-order valence-corrected chi connectivity index (χ4v) is 6.07. The van der Waals surface area contributed by atoms with Gasteiger partial charge in [-0.15, -0.1) is 0 Å². The van der Waals surface area contributed by atoms with Crippen molar-refractivity contribution in [1.82, 2.24) is 9.21 Å². The standard InChI is InChI=1S/C27H26N4O6S/c1-37-24-9-5-4-8-23(24)29-14-16-30(17-15-29)38(35,36)20-12-10-19(11-13-20)28-25(32)18-31-26(33)21-6-2-3-7-22(21)27(31)34/h2-13H,14-18H2,1H3,(H,28,32). The van der Waals surface area contributed by atoms with E-state index >= 15 is 0 Å². The lowest BCUT2D eigenvalue weighted by atomic mass is 10.1. The number of nitrogens with zero attached hydrogens (tertiary/aromatic N) is 3. The number of sulfonamides is 1. The third kappa shape index (κ3) is 4.73. The molecule has 2 aliphatic heterocycles. The monoisotopic (exact) mass is 534 g/mol. The van der Waals surface area contributed by atoms with Crippen molar-refractivity contribution in [1.29, 1.82) is 0 Å². The summed E-state index contributed by atoms with van der Waals surface area (Å²) in [7, 11) is -2.12. The first-order chi connectivity index (χ1) is 18.3. The van der Waals surface area contributed by atoms with Crippen molar-refractivity contribution in [2.75, 3.05) is 50.1 Å². The molecule has 3 amide bonds. The fraction of sp³-hybridized carbons (Fsp3) is 0.222. The lowest BCUT2D eigenvalue weighted by Gasteiger charge is -2.35. The lowest BCUT2D eigenvalue weighted by Crippen LogP contribution is -2.48. The number of carbonyl (C=O) groups is 3. The van der Waals surface area contributed by atoms with E-state index in [-0.39, 0.29) is 16.0 Å². The minimum Gasteiger partial charge on any atom is -0.495 e. The Morgan fingerprint density at radius 2 is 1.42 bits per heavy atom. The minimum atomic E-state index is -3.73. The maximum atomic E-state index is 13.2. The van der Waals surface area contributed by atoms with E-state index in [9.17, 15) is 22.8 Å². The van der Waals surface area contributed by atoms with E-state index in [2.05, 4.69) is 10.2 Å². The van der Waals surface area contributed by atoms with E-state index in [1.807, 2.05) is 24.3 Å². The minimum absolute atomic E-state index is 0.113. The number of para-hydroxylation sites is 2. The molecular weight excluding hydrogens is 508 g/mol. The molecule has 5 rings (SSSR count). The molecule has 3 aromatic carbocycles. The van der Waals surface area contributed by atoms with Gasteiger partial charge in [0.2, 0.25) is 15.9 Å². The van der Waals surface area contributed by atoms with E-state index in [0.717, 1.165) is 16.3 Å². The van der Waals surface area contributed by atoms with Gasteiger partial charge in [0.25, 0.3) is 11.8 Å². The Morgan fingerprint density at radius 3 is 2.03 bits per heavy atom. The zero-order valence-corrected chi connectivity index (χ0v) is 21.5. The lowest BCUT2D eigenvalue weighted by molar-refractivity contribution is -0.116. The molecule has 0 saturated carbocycles. The second-order valence-corrected chi connectivity index (χ2v) is 10.8. The molecule has 0 bridgehead atoms. The predicted molar refractivity (Wildman–Crippen MR) is 141 cm³/mol. The number of hydrogen-bond donors (Lipinski definition) is 1. The normalized spacial score (nSPS) is 15.9. The van der Waals surface area contributed by atoms with E-state index in [4.69, 9.17) is 4.74 Å². The smallest absolute Gasteiger partial charge is 0.262 e. The average Bonchev–Trinajstić information content (AvgIpc) is 3.18. The number of anilines is 2. The summed E-state index contributed by atoms with van der Waals surface area (Å²) in [6, 6.07) is 19.9. The molecule has 0 spiro atoms. The molecule has 0 aliphatic carbocycles. The fourth-order valence-electron chi connectivity index (χ4n) is 4.65. The Hall–Kier alpha value is -4.22. The Morgan fingerprint density at radius 1 is 0.842 bits per heavy atom. The molecule has 0 unspecified atom stereocenters.